The monoisotopic (exact) mass is 639 g/mol. The van der Waals surface area contributed by atoms with Crippen LogP contribution in [0.3, 0.4) is 0 Å². The third-order valence-corrected chi connectivity index (χ3v) is 9.51. The predicted octanol–water partition coefficient (Wildman–Crippen LogP) is 13.7. The summed E-state index contributed by atoms with van der Waals surface area (Å²) in [6.07, 6.45) is 0. The minimum absolute atomic E-state index is 0.871. The van der Waals surface area contributed by atoms with E-state index >= 15 is 0 Å². The molecule has 236 valence electrons. The number of para-hydroxylation sites is 1. The average Bonchev–Trinajstić information content (AvgIpc) is 3.58. The van der Waals surface area contributed by atoms with Crippen LogP contribution in [0, 0.1) is 0 Å². The maximum absolute atomic E-state index is 6.46. The van der Waals surface area contributed by atoms with Crippen molar-refractivity contribution in [3.05, 3.63) is 200 Å². The van der Waals surface area contributed by atoms with Gasteiger partial charge in [0.15, 0.2) is 0 Å². The van der Waals surface area contributed by atoms with Gasteiger partial charge in [0.2, 0.25) is 0 Å². The van der Waals surface area contributed by atoms with Crippen LogP contribution in [0.1, 0.15) is 0 Å². The molecule has 0 atom stereocenters. The van der Waals surface area contributed by atoms with Gasteiger partial charge in [-0.25, -0.2) is 0 Å². The van der Waals surface area contributed by atoms with E-state index in [4.69, 9.17) is 4.42 Å². The van der Waals surface area contributed by atoms with Crippen LogP contribution in [0.2, 0.25) is 0 Å². The Hall–Kier alpha value is -6.64. The Labute approximate surface area is 292 Å². The summed E-state index contributed by atoms with van der Waals surface area (Å²) in [7, 11) is 0. The smallest absolute Gasteiger partial charge is 0.136 e. The normalized spacial score (nSPS) is 11.2. The lowest BCUT2D eigenvalue weighted by atomic mass is 9.94. The summed E-state index contributed by atoms with van der Waals surface area (Å²) in [5, 5.41) is 2.21. The summed E-state index contributed by atoms with van der Waals surface area (Å²) in [6, 6.07) is 71.1. The third-order valence-electron chi connectivity index (χ3n) is 9.51. The number of hydrogen-bond acceptors (Lipinski definition) is 2. The molecule has 0 N–H and O–H groups in total. The van der Waals surface area contributed by atoms with Gasteiger partial charge >= 0.3 is 0 Å². The van der Waals surface area contributed by atoms with Crippen molar-refractivity contribution >= 4 is 39.0 Å². The number of furan rings is 1. The van der Waals surface area contributed by atoms with Crippen LogP contribution in [0.15, 0.2) is 205 Å². The van der Waals surface area contributed by atoms with E-state index in [9.17, 15) is 0 Å². The minimum atomic E-state index is 0.871. The first-order valence-corrected chi connectivity index (χ1v) is 17.0. The maximum atomic E-state index is 6.46. The van der Waals surface area contributed by atoms with E-state index in [2.05, 4.69) is 199 Å². The molecule has 50 heavy (non-hydrogen) atoms. The van der Waals surface area contributed by atoms with Crippen molar-refractivity contribution in [1.29, 1.82) is 0 Å². The van der Waals surface area contributed by atoms with Gasteiger partial charge in [0, 0.05) is 27.7 Å². The van der Waals surface area contributed by atoms with Crippen molar-refractivity contribution in [1.82, 2.24) is 0 Å². The van der Waals surface area contributed by atoms with E-state index in [-0.39, 0.29) is 0 Å². The van der Waals surface area contributed by atoms with E-state index in [0.717, 1.165) is 50.1 Å². The molecular weight excluding hydrogens is 607 g/mol. The highest BCUT2D eigenvalue weighted by molar-refractivity contribution is 6.16. The van der Waals surface area contributed by atoms with Crippen LogP contribution >= 0.6 is 0 Å². The number of anilines is 3. The predicted molar refractivity (Wildman–Crippen MR) is 210 cm³/mol. The summed E-state index contributed by atoms with van der Waals surface area (Å²) in [4.78, 5) is 2.38. The van der Waals surface area contributed by atoms with Crippen molar-refractivity contribution in [3.63, 3.8) is 0 Å². The summed E-state index contributed by atoms with van der Waals surface area (Å²) < 4.78 is 6.46. The molecule has 0 fully saturated rings. The Balaban J connectivity index is 1.26. The lowest BCUT2D eigenvalue weighted by Gasteiger charge is -2.28. The summed E-state index contributed by atoms with van der Waals surface area (Å²) in [5.41, 5.74) is 14.4. The quantitative estimate of drug-likeness (QED) is 0.173. The van der Waals surface area contributed by atoms with E-state index in [1.165, 1.54) is 33.4 Å². The Bertz CT molecular complexity index is 2450. The van der Waals surface area contributed by atoms with Gasteiger partial charge in [-0.15, -0.1) is 0 Å². The van der Waals surface area contributed by atoms with E-state index in [0.29, 0.717) is 0 Å². The Kier molecular flexibility index (Phi) is 7.53. The van der Waals surface area contributed by atoms with Crippen molar-refractivity contribution < 1.29 is 4.42 Å². The van der Waals surface area contributed by atoms with Gasteiger partial charge < -0.3 is 9.32 Å². The van der Waals surface area contributed by atoms with Gasteiger partial charge in [-0.05, 0) is 81.4 Å². The van der Waals surface area contributed by atoms with Gasteiger partial charge in [-0.2, -0.15) is 0 Å². The Morgan fingerprint density at radius 1 is 0.300 bits per heavy atom. The zero-order chi connectivity index (χ0) is 33.3. The zero-order valence-corrected chi connectivity index (χ0v) is 27.4. The Morgan fingerprint density at radius 2 is 0.700 bits per heavy atom. The largest absolute Gasteiger partial charge is 0.456 e. The maximum Gasteiger partial charge on any atom is 0.136 e. The van der Waals surface area contributed by atoms with Crippen LogP contribution in [0.5, 0.6) is 0 Å². The first-order chi connectivity index (χ1) is 24.8. The van der Waals surface area contributed by atoms with E-state index in [1.807, 2.05) is 6.07 Å². The van der Waals surface area contributed by atoms with E-state index in [1.54, 1.807) is 0 Å². The first kappa shape index (κ1) is 29.5. The van der Waals surface area contributed by atoms with Crippen molar-refractivity contribution in [2.45, 2.75) is 0 Å². The summed E-state index contributed by atoms with van der Waals surface area (Å²) in [6.45, 7) is 0. The fourth-order valence-corrected chi connectivity index (χ4v) is 7.04. The highest BCUT2D eigenvalue weighted by atomic mass is 16.3. The molecule has 9 rings (SSSR count). The number of benzene rings is 8. The molecule has 2 heteroatoms. The minimum Gasteiger partial charge on any atom is -0.456 e. The number of hydrogen-bond donors (Lipinski definition) is 0. The van der Waals surface area contributed by atoms with Gasteiger partial charge in [-0.3, -0.25) is 0 Å². The fraction of sp³-hybridized carbons (Fsp3) is 0. The molecule has 0 unspecified atom stereocenters. The molecule has 0 spiro atoms. The van der Waals surface area contributed by atoms with E-state index < -0.39 is 0 Å². The number of fused-ring (bicyclic) bond motifs is 3. The van der Waals surface area contributed by atoms with Gasteiger partial charge in [0.05, 0.1) is 5.69 Å². The van der Waals surface area contributed by atoms with Gasteiger partial charge in [0.25, 0.3) is 0 Å². The summed E-state index contributed by atoms with van der Waals surface area (Å²) >= 11 is 0. The Morgan fingerprint density at radius 3 is 1.20 bits per heavy atom. The van der Waals surface area contributed by atoms with Gasteiger partial charge in [0.1, 0.15) is 11.2 Å². The van der Waals surface area contributed by atoms with Crippen LogP contribution in [-0.4, -0.2) is 0 Å². The zero-order valence-electron chi connectivity index (χ0n) is 27.4. The number of rotatable bonds is 7. The van der Waals surface area contributed by atoms with Gasteiger partial charge in [-0.1, -0.05) is 158 Å². The SMILES string of the molecule is c1ccc(-c2ccc(-c3c(N(c4ccc(-c5ccccc5)cc4)c4ccc(-c5ccccc5)cc4)ccc4oc5ccccc5c34)cc2)cc1. The molecule has 0 amide bonds. The molecule has 0 aliphatic heterocycles. The fourth-order valence-electron chi connectivity index (χ4n) is 7.04. The van der Waals surface area contributed by atoms with Crippen LogP contribution in [-0.2, 0) is 0 Å². The molecule has 0 aliphatic rings. The second kappa shape index (κ2) is 12.8. The second-order valence-electron chi connectivity index (χ2n) is 12.5. The highest BCUT2D eigenvalue weighted by Gasteiger charge is 2.23. The van der Waals surface area contributed by atoms with Crippen LogP contribution in [0.4, 0.5) is 17.1 Å². The highest BCUT2D eigenvalue weighted by Crippen LogP contribution is 2.47. The number of nitrogens with zero attached hydrogens (tertiary/aromatic N) is 1. The topological polar surface area (TPSA) is 16.4 Å². The molecule has 8 aromatic carbocycles. The molecule has 1 heterocycles. The lowest BCUT2D eigenvalue weighted by Crippen LogP contribution is -2.11. The average molecular weight is 640 g/mol. The molecule has 9 aromatic rings. The van der Waals surface area contributed by atoms with Crippen LogP contribution < -0.4 is 4.90 Å². The molecule has 2 nitrogen and oxygen atoms in total. The third kappa shape index (κ3) is 5.43. The molecule has 0 aliphatic carbocycles. The van der Waals surface area contributed by atoms with Crippen molar-refractivity contribution in [3.8, 4) is 44.5 Å². The first-order valence-electron chi connectivity index (χ1n) is 17.0. The molecule has 0 radical (unpaired) electrons. The summed E-state index contributed by atoms with van der Waals surface area (Å²) in [5.74, 6) is 0. The second-order valence-corrected chi connectivity index (χ2v) is 12.5. The van der Waals surface area contributed by atoms with Crippen LogP contribution in [0.25, 0.3) is 66.4 Å². The molecule has 0 bridgehead atoms. The molecule has 1 aromatic heterocycles. The standard InChI is InChI=1S/C48H33NO/c1-4-12-34(13-5-1)37-20-22-40(23-21-37)47-44(32-33-46-48(47)43-18-10-11-19-45(43)50-46)49(41-28-24-38(25-29-41)35-14-6-2-7-15-35)42-30-26-39(27-31-42)36-16-8-3-9-17-36/h1-33H. The molecule has 0 saturated heterocycles. The van der Waals surface area contributed by atoms with Crippen molar-refractivity contribution in [2.75, 3.05) is 4.90 Å². The molecule has 0 saturated carbocycles. The molecular formula is C48H33NO. The lowest BCUT2D eigenvalue weighted by molar-refractivity contribution is 0.669. The van der Waals surface area contributed by atoms with Crippen molar-refractivity contribution in [2.24, 2.45) is 0 Å².